The molecule has 118 valence electrons. The minimum absolute atomic E-state index is 0.0965. The van der Waals surface area contributed by atoms with E-state index in [1.165, 1.54) is 4.31 Å². The second-order valence-electron chi connectivity index (χ2n) is 5.85. The fraction of sp³-hybridized carbons (Fsp3) is 0.438. The van der Waals surface area contributed by atoms with Gasteiger partial charge < -0.3 is 4.74 Å². The van der Waals surface area contributed by atoms with Crippen LogP contribution in [0, 0.1) is 6.92 Å². The predicted molar refractivity (Wildman–Crippen MR) is 85.2 cm³/mol. The van der Waals surface area contributed by atoms with Crippen LogP contribution in [0.5, 0.6) is 0 Å². The van der Waals surface area contributed by atoms with E-state index in [0.29, 0.717) is 23.4 Å². The van der Waals surface area contributed by atoms with Crippen LogP contribution in [0.1, 0.15) is 19.4 Å². The van der Waals surface area contributed by atoms with Gasteiger partial charge in [0.2, 0.25) is 10.0 Å². The molecule has 0 amide bonds. The molecule has 6 heteroatoms. The van der Waals surface area contributed by atoms with Crippen molar-refractivity contribution in [1.29, 1.82) is 0 Å². The van der Waals surface area contributed by atoms with E-state index in [-0.39, 0.29) is 12.1 Å². The van der Waals surface area contributed by atoms with E-state index in [4.69, 9.17) is 4.74 Å². The summed E-state index contributed by atoms with van der Waals surface area (Å²) in [4.78, 5) is 4.65. The van der Waals surface area contributed by atoms with Crippen LogP contribution in [-0.2, 0) is 14.8 Å². The molecule has 2 aromatic rings. The molecule has 2 atom stereocenters. The van der Waals surface area contributed by atoms with E-state index in [9.17, 15) is 8.42 Å². The topological polar surface area (TPSA) is 59.5 Å². The average molecular weight is 320 g/mol. The fourth-order valence-corrected chi connectivity index (χ4v) is 4.72. The van der Waals surface area contributed by atoms with Gasteiger partial charge in [-0.15, -0.1) is 0 Å². The zero-order valence-electron chi connectivity index (χ0n) is 13.0. The third kappa shape index (κ3) is 2.51. The summed E-state index contributed by atoms with van der Waals surface area (Å²) in [5.41, 5.74) is 1.70. The lowest BCUT2D eigenvalue weighted by atomic mass is 10.1. The molecule has 1 saturated heterocycles. The van der Waals surface area contributed by atoms with E-state index in [0.717, 1.165) is 11.1 Å². The molecule has 0 N–H and O–H groups in total. The van der Waals surface area contributed by atoms with Gasteiger partial charge in [0, 0.05) is 24.2 Å². The molecule has 0 bridgehead atoms. The number of nitrogens with zero attached hydrogens (tertiary/aromatic N) is 2. The molecule has 0 radical (unpaired) electrons. The summed E-state index contributed by atoms with van der Waals surface area (Å²) in [6.45, 7) is 6.49. The van der Waals surface area contributed by atoms with E-state index in [1.807, 2.05) is 32.9 Å². The largest absolute Gasteiger partial charge is 0.375 e. The zero-order valence-corrected chi connectivity index (χ0v) is 13.8. The van der Waals surface area contributed by atoms with Crippen molar-refractivity contribution < 1.29 is 13.2 Å². The zero-order chi connectivity index (χ0) is 15.9. The van der Waals surface area contributed by atoms with Crippen LogP contribution < -0.4 is 0 Å². The van der Waals surface area contributed by atoms with Gasteiger partial charge in [-0.1, -0.05) is 6.07 Å². The van der Waals surface area contributed by atoms with Crippen molar-refractivity contribution in [3.05, 3.63) is 36.0 Å². The lowest BCUT2D eigenvalue weighted by molar-refractivity contribution is -0.0170. The SMILES string of the molecule is Cc1ccc(S(=O)(=O)N2C[C@H](C)OC[C@@H]2C)c2cccnc12. The van der Waals surface area contributed by atoms with Crippen molar-refractivity contribution >= 4 is 20.9 Å². The maximum absolute atomic E-state index is 13.1. The second kappa shape index (κ2) is 5.61. The highest BCUT2D eigenvalue weighted by molar-refractivity contribution is 7.89. The van der Waals surface area contributed by atoms with Gasteiger partial charge in [-0.2, -0.15) is 4.31 Å². The van der Waals surface area contributed by atoms with Gasteiger partial charge in [0.15, 0.2) is 0 Å². The molecule has 3 rings (SSSR count). The quantitative estimate of drug-likeness (QED) is 0.852. The van der Waals surface area contributed by atoms with Gasteiger partial charge in [-0.3, -0.25) is 4.98 Å². The number of benzene rings is 1. The molecule has 0 saturated carbocycles. The summed E-state index contributed by atoms with van der Waals surface area (Å²) in [5, 5.41) is 0.675. The number of hydrogen-bond donors (Lipinski definition) is 0. The molecule has 22 heavy (non-hydrogen) atoms. The second-order valence-corrected chi connectivity index (χ2v) is 7.71. The maximum Gasteiger partial charge on any atom is 0.244 e. The van der Waals surface area contributed by atoms with Crippen LogP contribution in [0.25, 0.3) is 10.9 Å². The number of rotatable bonds is 2. The number of aryl methyl sites for hydroxylation is 1. The first-order chi connectivity index (χ1) is 10.4. The Morgan fingerprint density at radius 3 is 2.82 bits per heavy atom. The lowest BCUT2D eigenvalue weighted by Crippen LogP contribution is -2.50. The van der Waals surface area contributed by atoms with Crippen molar-refractivity contribution in [2.45, 2.75) is 37.8 Å². The number of pyridine rings is 1. The van der Waals surface area contributed by atoms with Gasteiger partial charge >= 0.3 is 0 Å². The van der Waals surface area contributed by atoms with Gasteiger partial charge in [0.25, 0.3) is 0 Å². The number of morpholine rings is 1. The van der Waals surface area contributed by atoms with Gasteiger partial charge in [-0.05, 0) is 44.5 Å². The van der Waals surface area contributed by atoms with Crippen LogP contribution in [-0.4, -0.2) is 43.0 Å². The molecule has 0 aliphatic carbocycles. The van der Waals surface area contributed by atoms with Crippen LogP contribution in [0.3, 0.4) is 0 Å². The molecule has 1 aliphatic rings. The van der Waals surface area contributed by atoms with E-state index < -0.39 is 10.0 Å². The van der Waals surface area contributed by atoms with Crippen molar-refractivity contribution in [3.63, 3.8) is 0 Å². The molecule has 2 heterocycles. The summed E-state index contributed by atoms with van der Waals surface area (Å²) >= 11 is 0. The van der Waals surface area contributed by atoms with Crippen molar-refractivity contribution in [2.75, 3.05) is 13.2 Å². The Morgan fingerprint density at radius 1 is 1.27 bits per heavy atom. The number of aromatic nitrogens is 1. The highest BCUT2D eigenvalue weighted by Crippen LogP contribution is 2.29. The molecule has 1 aliphatic heterocycles. The molecular weight excluding hydrogens is 300 g/mol. The van der Waals surface area contributed by atoms with E-state index in [1.54, 1.807) is 18.3 Å². The molecule has 5 nitrogen and oxygen atoms in total. The molecule has 1 aromatic heterocycles. The summed E-state index contributed by atoms with van der Waals surface area (Å²) in [6, 6.07) is 6.91. The van der Waals surface area contributed by atoms with E-state index >= 15 is 0 Å². The monoisotopic (exact) mass is 320 g/mol. The Bertz CT molecular complexity index is 804. The van der Waals surface area contributed by atoms with Crippen molar-refractivity contribution in [1.82, 2.24) is 9.29 Å². The number of sulfonamides is 1. The van der Waals surface area contributed by atoms with Crippen LogP contribution in [0.15, 0.2) is 35.4 Å². The third-order valence-corrected chi connectivity index (χ3v) is 6.11. The third-order valence-electron chi connectivity index (χ3n) is 4.07. The highest BCUT2D eigenvalue weighted by Gasteiger charge is 2.35. The van der Waals surface area contributed by atoms with Crippen molar-refractivity contribution in [2.24, 2.45) is 0 Å². The van der Waals surface area contributed by atoms with Crippen LogP contribution in [0.2, 0.25) is 0 Å². The first-order valence-electron chi connectivity index (χ1n) is 7.39. The Morgan fingerprint density at radius 2 is 2.05 bits per heavy atom. The summed E-state index contributed by atoms with van der Waals surface area (Å²) in [7, 11) is -3.57. The molecule has 1 fully saturated rings. The summed E-state index contributed by atoms with van der Waals surface area (Å²) in [6.07, 6.45) is 1.59. The van der Waals surface area contributed by atoms with E-state index in [2.05, 4.69) is 4.98 Å². The smallest absolute Gasteiger partial charge is 0.244 e. The highest BCUT2D eigenvalue weighted by atomic mass is 32.2. The Hall–Kier alpha value is -1.50. The number of ether oxygens (including phenoxy) is 1. The lowest BCUT2D eigenvalue weighted by Gasteiger charge is -2.35. The van der Waals surface area contributed by atoms with Gasteiger partial charge in [-0.25, -0.2) is 8.42 Å². The van der Waals surface area contributed by atoms with Crippen LogP contribution in [0.4, 0.5) is 0 Å². The molecule has 1 aromatic carbocycles. The van der Waals surface area contributed by atoms with Crippen molar-refractivity contribution in [3.8, 4) is 0 Å². The average Bonchev–Trinajstić information content (AvgIpc) is 2.50. The normalized spacial score (nSPS) is 23.8. The molecule has 0 spiro atoms. The molecular formula is C16H20N2O3S. The summed E-state index contributed by atoms with van der Waals surface area (Å²) in [5.74, 6) is 0. The Labute approximate surface area is 131 Å². The Kier molecular flexibility index (Phi) is 3.92. The predicted octanol–water partition coefficient (Wildman–Crippen LogP) is 2.34. The Balaban J connectivity index is 2.15. The minimum atomic E-state index is -3.57. The van der Waals surface area contributed by atoms with Crippen LogP contribution >= 0.6 is 0 Å². The standard InChI is InChI=1S/C16H20N2O3S/c1-11-6-7-15(14-5-4-8-17-16(11)14)22(19,20)18-9-13(3)21-10-12(18)2/h4-8,12-13H,9-10H2,1-3H3/t12-,13-/m0/s1. The maximum atomic E-state index is 13.1. The van der Waals surface area contributed by atoms with Gasteiger partial charge in [0.05, 0.1) is 23.1 Å². The molecule has 0 unspecified atom stereocenters. The summed E-state index contributed by atoms with van der Waals surface area (Å²) < 4.78 is 33.3. The van der Waals surface area contributed by atoms with Gasteiger partial charge in [0.1, 0.15) is 0 Å². The fourth-order valence-electron chi connectivity index (χ4n) is 2.85. The number of hydrogen-bond acceptors (Lipinski definition) is 4. The minimum Gasteiger partial charge on any atom is -0.375 e. The first kappa shape index (κ1) is 15.4. The first-order valence-corrected chi connectivity index (χ1v) is 8.83. The number of fused-ring (bicyclic) bond motifs is 1.